The van der Waals surface area contributed by atoms with Crippen LogP contribution in [-0.2, 0) is 13.1 Å². The number of carbonyl (C=O) groups excluding carboxylic acids is 1. The fourth-order valence-corrected chi connectivity index (χ4v) is 4.40. The van der Waals surface area contributed by atoms with Gasteiger partial charge in [-0.3, -0.25) is 9.79 Å². The fourth-order valence-electron chi connectivity index (χ4n) is 4.40. The van der Waals surface area contributed by atoms with E-state index in [1.807, 2.05) is 29.8 Å². The topological polar surface area (TPSA) is 72.2 Å². The first-order chi connectivity index (χ1) is 14.2. The van der Waals surface area contributed by atoms with Crippen molar-refractivity contribution in [2.24, 2.45) is 4.99 Å². The minimum atomic E-state index is -0.401. The van der Waals surface area contributed by atoms with E-state index in [1.54, 1.807) is 6.33 Å². The molecule has 0 bridgehead atoms. The van der Waals surface area contributed by atoms with E-state index in [0.717, 1.165) is 28.2 Å². The van der Waals surface area contributed by atoms with Crippen LogP contribution < -0.4 is 5.32 Å². The molecule has 2 atom stereocenters. The number of nitrogens with one attached hydrogen (secondary N) is 1. The monoisotopic (exact) mass is 389 g/mol. The third kappa shape index (κ3) is 2.89. The first kappa shape index (κ1) is 17.9. The van der Waals surface area contributed by atoms with Gasteiger partial charge in [0.2, 0.25) is 0 Å². The first-order valence-electron chi connectivity index (χ1n) is 9.73. The van der Waals surface area contributed by atoms with Crippen LogP contribution >= 0.6 is 0 Å². The second-order valence-corrected chi connectivity index (χ2v) is 7.29. The van der Waals surface area contributed by atoms with Crippen molar-refractivity contribution in [1.29, 1.82) is 0 Å². The normalized spacial score (nSPS) is 20.8. The molecule has 6 nitrogen and oxygen atoms in total. The number of aromatic nitrogens is 3. The maximum atomic E-state index is 14.3. The smallest absolute Gasteiger partial charge is 0.184 e. The average molecular weight is 389 g/mol. The molecule has 1 N–H and O–H groups in total. The van der Waals surface area contributed by atoms with Crippen LogP contribution in [0.1, 0.15) is 51.8 Å². The van der Waals surface area contributed by atoms with E-state index in [2.05, 4.69) is 32.5 Å². The van der Waals surface area contributed by atoms with Gasteiger partial charge in [-0.15, -0.1) is 0 Å². The molecule has 2 aliphatic heterocycles. The molecular formula is C22H20FN5O. The van der Waals surface area contributed by atoms with E-state index >= 15 is 0 Å². The Kier molecular flexibility index (Phi) is 4.32. The van der Waals surface area contributed by atoms with Crippen LogP contribution in [0.5, 0.6) is 0 Å². The van der Waals surface area contributed by atoms with E-state index in [9.17, 15) is 9.18 Å². The Bertz CT molecular complexity index is 1120. The lowest BCUT2D eigenvalue weighted by Gasteiger charge is -2.28. The molecule has 2 unspecified atom stereocenters. The van der Waals surface area contributed by atoms with E-state index in [4.69, 9.17) is 0 Å². The van der Waals surface area contributed by atoms with Gasteiger partial charge in [0.1, 0.15) is 24.5 Å². The van der Waals surface area contributed by atoms with Crippen LogP contribution in [0.2, 0.25) is 0 Å². The first-order valence-corrected chi connectivity index (χ1v) is 9.73. The molecule has 2 aliphatic rings. The Hall–Kier alpha value is -3.19. The molecule has 0 saturated carbocycles. The van der Waals surface area contributed by atoms with Gasteiger partial charge in [0.25, 0.3) is 0 Å². The molecule has 0 spiro atoms. The quantitative estimate of drug-likeness (QED) is 0.747. The van der Waals surface area contributed by atoms with E-state index in [0.29, 0.717) is 18.7 Å². The van der Waals surface area contributed by atoms with Crippen LogP contribution in [0, 0.1) is 5.82 Å². The second-order valence-electron chi connectivity index (χ2n) is 7.29. The molecule has 0 saturated heterocycles. The summed E-state index contributed by atoms with van der Waals surface area (Å²) >= 11 is 0. The van der Waals surface area contributed by atoms with Gasteiger partial charge in [-0.25, -0.2) is 14.1 Å². The van der Waals surface area contributed by atoms with Gasteiger partial charge in [0.05, 0.1) is 11.6 Å². The van der Waals surface area contributed by atoms with Crippen molar-refractivity contribution in [1.82, 2.24) is 20.1 Å². The number of carbonyl (C=O) groups is 1. The van der Waals surface area contributed by atoms with Gasteiger partial charge in [0.15, 0.2) is 5.78 Å². The van der Waals surface area contributed by atoms with Crippen LogP contribution in [0.4, 0.5) is 4.39 Å². The zero-order valence-electron chi connectivity index (χ0n) is 16.0. The van der Waals surface area contributed by atoms with Crippen molar-refractivity contribution in [3.8, 4) is 0 Å². The lowest BCUT2D eigenvalue weighted by molar-refractivity contribution is 0.0999. The molecule has 3 heterocycles. The number of halogens is 1. The van der Waals surface area contributed by atoms with Crippen LogP contribution in [-0.4, -0.2) is 32.8 Å². The number of benzene rings is 2. The van der Waals surface area contributed by atoms with Crippen LogP contribution in [0.25, 0.3) is 0 Å². The molecule has 0 aliphatic carbocycles. The number of rotatable bonds is 3. The average Bonchev–Trinajstić information content (AvgIpc) is 3.14. The molecular weight excluding hydrogens is 369 g/mol. The summed E-state index contributed by atoms with van der Waals surface area (Å²) in [5, 5.41) is 7.92. The van der Waals surface area contributed by atoms with Crippen LogP contribution in [0.15, 0.2) is 53.8 Å². The molecule has 1 aromatic heterocycles. The number of ketones is 1. The highest BCUT2D eigenvalue weighted by Gasteiger charge is 2.40. The minimum Gasteiger partial charge on any atom is -0.305 e. The van der Waals surface area contributed by atoms with Crippen molar-refractivity contribution in [2.75, 3.05) is 6.54 Å². The second kappa shape index (κ2) is 7.00. The Morgan fingerprint density at radius 2 is 2.07 bits per heavy atom. The van der Waals surface area contributed by atoms with Gasteiger partial charge in [-0.05, 0) is 30.2 Å². The maximum Gasteiger partial charge on any atom is 0.184 e. The molecule has 29 heavy (non-hydrogen) atoms. The molecule has 7 heteroatoms. The lowest BCUT2D eigenvalue weighted by atomic mass is 9.82. The third-order valence-corrected chi connectivity index (χ3v) is 5.66. The Morgan fingerprint density at radius 1 is 1.24 bits per heavy atom. The highest BCUT2D eigenvalue weighted by molar-refractivity contribution is 6.18. The zero-order valence-corrected chi connectivity index (χ0v) is 16.0. The maximum absolute atomic E-state index is 14.3. The largest absolute Gasteiger partial charge is 0.305 e. The summed E-state index contributed by atoms with van der Waals surface area (Å²) in [5.74, 6) is -0.0246. The van der Waals surface area contributed by atoms with Crippen molar-refractivity contribution in [3.05, 3.63) is 82.7 Å². The minimum absolute atomic E-state index is 0.0174. The van der Waals surface area contributed by atoms with Crippen molar-refractivity contribution >= 4 is 11.5 Å². The molecule has 0 fully saturated rings. The lowest BCUT2D eigenvalue weighted by Crippen LogP contribution is -2.33. The Morgan fingerprint density at radius 3 is 2.86 bits per heavy atom. The summed E-state index contributed by atoms with van der Waals surface area (Å²) in [7, 11) is 0. The van der Waals surface area contributed by atoms with Gasteiger partial charge in [-0.1, -0.05) is 30.3 Å². The fraction of sp³-hybridized carbons (Fsp3) is 0.273. The van der Waals surface area contributed by atoms with Crippen LogP contribution in [0.3, 0.4) is 0 Å². The van der Waals surface area contributed by atoms with Gasteiger partial charge < -0.3 is 5.32 Å². The van der Waals surface area contributed by atoms with Gasteiger partial charge >= 0.3 is 0 Å². The summed E-state index contributed by atoms with van der Waals surface area (Å²) in [6.45, 7) is 3.13. The number of nitrogens with zero attached hydrogens (tertiary/aromatic N) is 4. The third-order valence-electron chi connectivity index (χ3n) is 5.66. The molecule has 2 aromatic carbocycles. The van der Waals surface area contributed by atoms with E-state index in [1.165, 1.54) is 12.1 Å². The van der Waals surface area contributed by atoms with Crippen molar-refractivity contribution in [3.63, 3.8) is 0 Å². The Balaban J connectivity index is 1.77. The summed E-state index contributed by atoms with van der Waals surface area (Å²) < 4.78 is 16.1. The predicted molar refractivity (Wildman–Crippen MR) is 107 cm³/mol. The van der Waals surface area contributed by atoms with Gasteiger partial charge in [0, 0.05) is 30.3 Å². The SMILES string of the molecule is CCn1ncnc1C1C2=NCC(=O)c3cc(F)cc(c32)CNC1c1ccccc1. The highest BCUT2D eigenvalue weighted by Crippen LogP contribution is 2.39. The summed E-state index contributed by atoms with van der Waals surface area (Å²) in [6, 6.07) is 12.8. The molecule has 3 aromatic rings. The molecule has 0 radical (unpaired) electrons. The molecule has 146 valence electrons. The predicted octanol–water partition coefficient (Wildman–Crippen LogP) is 3.05. The van der Waals surface area contributed by atoms with E-state index in [-0.39, 0.29) is 24.3 Å². The highest BCUT2D eigenvalue weighted by atomic mass is 19.1. The number of hydrogen-bond acceptors (Lipinski definition) is 5. The molecule has 0 amide bonds. The number of aliphatic imine (C=N–C) groups is 1. The summed E-state index contributed by atoms with van der Waals surface area (Å²) in [6.07, 6.45) is 1.55. The van der Waals surface area contributed by atoms with Crippen molar-refractivity contribution < 1.29 is 9.18 Å². The van der Waals surface area contributed by atoms with Gasteiger partial charge in [-0.2, -0.15) is 5.10 Å². The van der Waals surface area contributed by atoms with Crippen molar-refractivity contribution in [2.45, 2.75) is 32.0 Å². The summed E-state index contributed by atoms with van der Waals surface area (Å²) in [5.41, 5.74) is 3.75. The number of aryl methyl sites for hydroxylation is 1. The standard InChI is InChI=1S/C22H20FN5O/c1-2-28-22(26-12-27-28)19-20(13-6-4-3-5-7-13)24-10-14-8-15(23)9-16-17(29)11-25-21(19)18(14)16/h3-9,12,19-20,24H,2,10-11H2,1H3. The van der Waals surface area contributed by atoms with E-state index < -0.39 is 5.82 Å². The number of hydrogen-bond donors (Lipinski definition) is 1. The zero-order chi connectivity index (χ0) is 20.0. The molecule has 5 rings (SSSR count). The number of Topliss-reactive ketones (excluding diaryl/α,β-unsaturated/α-hetero) is 1. The summed E-state index contributed by atoms with van der Waals surface area (Å²) in [4.78, 5) is 21.8. The Labute approximate surface area is 167 Å².